The van der Waals surface area contributed by atoms with Gasteiger partial charge in [-0.05, 0) is 43.4 Å². The second-order valence-corrected chi connectivity index (χ2v) is 11.8. The molecule has 0 bridgehead atoms. The molecule has 1 aliphatic carbocycles. The van der Waals surface area contributed by atoms with Gasteiger partial charge in [0, 0.05) is 24.5 Å². The van der Waals surface area contributed by atoms with Gasteiger partial charge < -0.3 is 15.3 Å². The van der Waals surface area contributed by atoms with Crippen LogP contribution in [0.3, 0.4) is 0 Å². The minimum absolute atomic E-state index is 0.00611. The molecule has 0 spiro atoms. The van der Waals surface area contributed by atoms with E-state index in [0.717, 1.165) is 31.3 Å². The number of nitrogens with one attached hydrogen (secondary N) is 1. The Hall–Kier alpha value is -2.96. The van der Waals surface area contributed by atoms with Crippen LogP contribution in [0.15, 0.2) is 30.6 Å². The Kier molecular flexibility index (Phi) is 7.13. The molecular formula is C23H26F4N4O4S. The molecule has 2 aliphatic rings. The number of aliphatic carboxylic acids is 1. The second-order valence-electron chi connectivity index (χ2n) is 9.49. The topological polar surface area (TPSA) is 112 Å². The van der Waals surface area contributed by atoms with E-state index < -0.39 is 38.8 Å². The first-order valence-electron chi connectivity index (χ1n) is 11.5. The number of benzene rings is 1. The van der Waals surface area contributed by atoms with Crippen LogP contribution in [0, 0.1) is 11.2 Å². The number of aromatic nitrogens is 2. The summed E-state index contributed by atoms with van der Waals surface area (Å²) in [7, 11) is -3.23. The molecule has 1 saturated heterocycles. The fourth-order valence-electron chi connectivity index (χ4n) is 4.42. The number of halogens is 4. The van der Waals surface area contributed by atoms with E-state index in [1.807, 2.05) is 0 Å². The predicted octanol–water partition coefficient (Wildman–Crippen LogP) is 3.89. The minimum atomic E-state index is -4.45. The fraction of sp³-hybridized carbons (Fsp3) is 0.522. The maximum Gasteiger partial charge on any atom is 0.416 e. The molecule has 0 atom stereocenters. The molecule has 2 aromatic rings. The van der Waals surface area contributed by atoms with E-state index in [4.69, 9.17) is 0 Å². The van der Waals surface area contributed by atoms with Crippen LogP contribution in [-0.4, -0.2) is 53.6 Å². The predicted molar refractivity (Wildman–Crippen MR) is 124 cm³/mol. The third-order valence-electron chi connectivity index (χ3n) is 6.71. The summed E-state index contributed by atoms with van der Waals surface area (Å²) in [5, 5.41) is 12.2. The van der Waals surface area contributed by atoms with Crippen LogP contribution in [0.25, 0.3) is 0 Å². The molecule has 0 amide bonds. The maximum absolute atomic E-state index is 15.5. The van der Waals surface area contributed by atoms with E-state index in [1.54, 1.807) is 4.90 Å². The SMILES string of the molecule is O=C(O)CC1(CNc2ncnc(N(Cc3ccc(C(F)(F)F)cc3)C3CC3)c2F)CCS(=O)(=O)CC1. The first-order valence-corrected chi connectivity index (χ1v) is 13.3. The highest BCUT2D eigenvalue weighted by Crippen LogP contribution is 2.38. The lowest BCUT2D eigenvalue weighted by molar-refractivity contribution is -0.140. The lowest BCUT2D eigenvalue weighted by Crippen LogP contribution is -2.40. The number of hydrogen-bond acceptors (Lipinski definition) is 7. The molecule has 2 N–H and O–H groups in total. The number of hydrogen-bond donors (Lipinski definition) is 2. The summed E-state index contributed by atoms with van der Waals surface area (Å²) in [6.45, 7) is 0.168. The number of nitrogens with zero attached hydrogens (tertiary/aromatic N) is 3. The van der Waals surface area contributed by atoms with E-state index in [1.165, 1.54) is 12.1 Å². The van der Waals surface area contributed by atoms with Crippen LogP contribution >= 0.6 is 0 Å². The Balaban J connectivity index is 1.52. The van der Waals surface area contributed by atoms with Gasteiger partial charge >= 0.3 is 12.1 Å². The second kappa shape index (κ2) is 9.83. The van der Waals surface area contributed by atoms with Crippen molar-refractivity contribution in [3.63, 3.8) is 0 Å². The van der Waals surface area contributed by atoms with Gasteiger partial charge in [0.05, 0.1) is 23.5 Å². The zero-order valence-corrected chi connectivity index (χ0v) is 20.1. The Labute approximate surface area is 205 Å². The number of carbonyl (C=O) groups is 1. The molecule has 1 aliphatic heterocycles. The first kappa shape index (κ1) is 26.1. The number of anilines is 2. The van der Waals surface area contributed by atoms with Crippen LogP contribution in [0.1, 0.15) is 43.2 Å². The van der Waals surface area contributed by atoms with Crippen molar-refractivity contribution in [1.29, 1.82) is 0 Å². The summed E-state index contributed by atoms with van der Waals surface area (Å²) in [4.78, 5) is 21.2. The standard InChI is InChI=1S/C23H26F4N4O4S/c24-19-20(28-13-22(11-18(32)33)7-9-36(34,35)10-8-22)29-14-30-21(19)31(17-5-6-17)12-15-1-3-16(4-2-15)23(25,26)27/h1-4,14,17H,5-13H2,(H,32,33)(H,28,29,30). The number of sulfone groups is 1. The van der Waals surface area contributed by atoms with Crippen molar-refractivity contribution >= 4 is 27.4 Å². The Bertz CT molecular complexity index is 1200. The van der Waals surface area contributed by atoms with Crippen molar-refractivity contribution in [2.75, 3.05) is 28.3 Å². The van der Waals surface area contributed by atoms with Crippen molar-refractivity contribution < 1.29 is 35.9 Å². The zero-order chi connectivity index (χ0) is 26.1. The van der Waals surface area contributed by atoms with Crippen LogP contribution in [0.4, 0.5) is 29.2 Å². The lowest BCUT2D eigenvalue weighted by Gasteiger charge is -2.36. The highest BCUT2D eigenvalue weighted by molar-refractivity contribution is 7.91. The lowest BCUT2D eigenvalue weighted by atomic mass is 9.78. The summed E-state index contributed by atoms with van der Waals surface area (Å²) < 4.78 is 77.8. The average Bonchev–Trinajstić information content (AvgIpc) is 3.64. The number of alkyl halides is 3. The summed E-state index contributed by atoms with van der Waals surface area (Å²) in [6, 6.07) is 4.64. The molecule has 196 valence electrons. The van der Waals surface area contributed by atoms with E-state index >= 15 is 4.39 Å². The van der Waals surface area contributed by atoms with E-state index in [2.05, 4.69) is 15.3 Å². The molecule has 2 fully saturated rings. The van der Waals surface area contributed by atoms with Gasteiger partial charge in [-0.3, -0.25) is 4.79 Å². The zero-order valence-electron chi connectivity index (χ0n) is 19.3. The van der Waals surface area contributed by atoms with Crippen LogP contribution in [0.5, 0.6) is 0 Å². The van der Waals surface area contributed by atoms with Crippen molar-refractivity contribution in [3.05, 3.63) is 47.5 Å². The molecule has 2 heterocycles. The molecular weight excluding hydrogens is 504 g/mol. The van der Waals surface area contributed by atoms with Crippen molar-refractivity contribution in [3.8, 4) is 0 Å². The van der Waals surface area contributed by atoms with E-state index in [-0.39, 0.29) is 61.5 Å². The van der Waals surface area contributed by atoms with Gasteiger partial charge in [0.1, 0.15) is 16.2 Å². The number of rotatable bonds is 9. The summed E-state index contributed by atoms with van der Waals surface area (Å²) >= 11 is 0. The van der Waals surface area contributed by atoms with Gasteiger partial charge in [0.15, 0.2) is 11.6 Å². The minimum Gasteiger partial charge on any atom is -0.481 e. The summed E-state index contributed by atoms with van der Waals surface area (Å²) in [6.07, 6.45) is -1.72. The Morgan fingerprint density at radius 1 is 1.14 bits per heavy atom. The molecule has 4 rings (SSSR count). The monoisotopic (exact) mass is 530 g/mol. The van der Waals surface area contributed by atoms with Gasteiger partial charge in [0.2, 0.25) is 5.82 Å². The van der Waals surface area contributed by atoms with Gasteiger partial charge in [-0.15, -0.1) is 0 Å². The van der Waals surface area contributed by atoms with Gasteiger partial charge in [-0.25, -0.2) is 18.4 Å². The van der Waals surface area contributed by atoms with Crippen molar-refractivity contribution in [2.45, 2.75) is 50.9 Å². The Morgan fingerprint density at radius 3 is 2.33 bits per heavy atom. The molecule has 0 radical (unpaired) electrons. The van der Waals surface area contributed by atoms with Crippen molar-refractivity contribution in [2.24, 2.45) is 5.41 Å². The smallest absolute Gasteiger partial charge is 0.416 e. The third kappa shape index (κ3) is 6.23. The normalized spacial score (nSPS) is 19.0. The summed E-state index contributed by atoms with van der Waals surface area (Å²) in [5.74, 6) is -2.25. The van der Waals surface area contributed by atoms with Gasteiger partial charge in [-0.2, -0.15) is 17.6 Å². The van der Waals surface area contributed by atoms with E-state index in [0.29, 0.717) is 5.56 Å². The van der Waals surface area contributed by atoms with Gasteiger partial charge in [0.25, 0.3) is 0 Å². The Morgan fingerprint density at radius 2 is 1.78 bits per heavy atom. The molecule has 8 nitrogen and oxygen atoms in total. The van der Waals surface area contributed by atoms with Crippen molar-refractivity contribution in [1.82, 2.24) is 9.97 Å². The summed E-state index contributed by atoms with van der Waals surface area (Å²) in [5.41, 5.74) is -1.08. The van der Waals surface area contributed by atoms with Crippen LogP contribution < -0.4 is 10.2 Å². The number of carboxylic acids is 1. The molecule has 0 unspecified atom stereocenters. The van der Waals surface area contributed by atoms with Crippen LogP contribution in [-0.2, 0) is 27.4 Å². The molecule has 1 aromatic heterocycles. The highest BCUT2D eigenvalue weighted by Gasteiger charge is 2.40. The maximum atomic E-state index is 15.5. The number of carboxylic acid groups (broad SMARTS) is 1. The molecule has 1 aromatic carbocycles. The van der Waals surface area contributed by atoms with Gasteiger partial charge in [-0.1, -0.05) is 12.1 Å². The molecule has 36 heavy (non-hydrogen) atoms. The van der Waals surface area contributed by atoms with E-state index in [9.17, 15) is 31.5 Å². The fourth-order valence-corrected chi connectivity index (χ4v) is 6.11. The highest BCUT2D eigenvalue weighted by atomic mass is 32.2. The molecule has 1 saturated carbocycles. The van der Waals surface area contributed by atoms with Crippen LogP contribution in [0.2, 0.25) is 0 Å². The quantitative estimate of drug-likeness (QED) is 0.470. The first-order chi connectivity index (χ1) is 16.9. The third-order valence-corrected chi connectivity index (χ3v) is 8.36. The molecule has 13 heteroatoms. The average molecular weight is 531 g/mol. The largest absolute Gasteiger partial charge is 0.481 e.